The molecule has 7 rings (SSSR count). The molecule has 4 aromatic rings. The van der Waals surface area contributed by atoms with E-state index in [1.54, 1.807) is 0 Å². The molecule has 1 amide bonds. The summed E-state index contributed by atoms with van der Waals surface area (Å²) in [7, 11) is 0. The Morgan fingerprint density at radius 3 is 2.20 bits per heavy atom. The van der Waals surface area contributed by atoms with Crippen LogP contribution in [0, 0.1) is 0 Å². The van der Waals surface area contributed by atoms with Crippen LogP contribution in [-0.2, 0) is 14.3 Å². The molecule has 3 aliphatic heterocycles. The van der Waals surface area contributed by atoms with Crippen LogP contribution < -0.4 is 21.5 Å². The highest BCUT2D eigenvalue weighted by Gasteiger charge is 2.34. The summed E-state index contributed by atoms with van der Waals surface area (Å²) in [5.74, 6) is 1.97. The lowest BCUT2D eigenvalue weighted by Gasteiger charge is -2.39. The zero-order valence-electron chi connectivity index (χ0n) is 28.1. The van der Waals surface area contributed by atoms with Crippen LogP contribution in [0.5, 0.6) is 11.5 Å². The number of nitrogens with zero attached hydrogens (tertiary/aromatic N) is 7. The quantitative estimate of drug-likeness (QED) is 0.188. The number of aromatic nitrogens is 4. The van der Waals surface area contributed by atoms with Crippen molar-refractivity contribution < 1.29 is 19.0 Å². The van der Waals surface area contributed by atoms with E-state index in [9.17, 15) is 4.79 Å². The number of nitrogen functional groups attached to an aromatic ring is 1. The third-order valence-electron chi connectivity index (χ3n) is 8.95. The van der Waals surface area contributed by atoms with Gasteiger partial charge < -0.3 is 35.9 Å². The van der Waals surface area contributed by atoms with Gasteiger partial charge in [-0.15, -0.1) is 0 Å². The fourth-order valence-electron chi connectivity index (χ4n) is 6.08. The summed E-state index contributed by atoms with van der Waals surface area (Å²) in [6.07, 6.45) is 2.57. The zero-order valence-corrected chi connectivity index (χ0v) is 28.1. The summed E-state index contributed by atoms with van der Waals surface area (Å²) >= 11 is 0. The molecule has 5 heterocycles. The van der Waals surface area contributed by atoms with Crippen molar-refractivity contribution in [1.29, 1.82) is 0 Å². The summed E-state index contributed by atoms with van der Waals surface area (Å²) in [5, 5.41) is 8.89. The van der Waals surface area contributed by atoms with Gasteiger partial charge in [-0.2, -0.15) is 5.10 Å². The summed E-state index contributed by atoms with van der Waals surface area (Å²) < 4.78 is 18.4. The minimum absolute atomic E-state index is 0.0218. The van der Waals surface area contributed by atoms with Crippen molar-refractivity contribution in [3.05, 3.63) is 60.9 Å². The molecule has 262 valence electrons. The first-order valence-corrected chi connectivity index (χ1v) is 17.2. The Morgan fingerprint density at radius 1 is 0.878 bits per heavy atom. The number of amides is 1. The highest BCUT2D eigenvalue weighted by atomic mass is 16.5. The van der Waals surface area contributed by atoms with Gasteiger partial charge in [0.1, 0.15) is 29.3 Å². The van der Waals surface area contributed by atoms with Crippen molar-refractivity contribution in [3.8, 4) is 22.8 Å². The van der Waals surface area contributed by atoms with E-state index in [1.165, 1.54) is 6.33 Å². The monoisotopic (exact) mass is 672 g/mol. The van der Waals surface area contributed by atoms with E-state index in [-0.39, 0.29) is 11.9 Å². The average Bonchev–Trinajstić information content (AvgIpc) is 3.51. The van der Waals surface area contributed by atoms with Gasteiger partial charge in [-0.1, -0.05) is 18.2 Å². The Balaban J connectivity index is 0.000000359. The lowest BCUT2D eigenvalue weighted by atomic mass is 10.1. The Labute approximate surface area is 287 Å². The maximum absolute atomic E-state index is 12.7. The third-order valence-corrected chi connectivity index (χ3v) is 8.95. The van der Waals surface area contributed by atoms with Crippen LogP contribution >= 0.6 is 0 Å². The molecule has 2 aromatic carbocycles. The Kier molecular flexibility index (Phi) is 12.4. The molecule has 0 aliphatic carbocycles. The molecule has 0 radical (unpaired) electrons. The van der Waals surface area contributed by atoms with Crippen LogP contribution in [0.2, 0.25) is 0 Å². The number of carbonyl (C=O) groups excluding carboxylic acids is 1. The normalized spacial score (nSPS) is 17.4. The van der Waals surface area contributed by atoms with Crippen LogP contribution in [0.25, 0.3) is 22.3 Å². The molecule has 2 aromatic heterocycles. The number of anilines is 1. The largest absolute Gasteiger partial charge is 0.457 e. The van der Waals surface area contributed by atoms with Crippen molar-refractivity contribution in [3.63, 3.8) is 0 Å². The van der Waals surface area contributed by atoms with E-state index in [4.69, 9.17) is 30.8 Å². The number of hydrogen-bond acceptors (Lipinski definition) is 12. The second kappa shape index (κ2) is 17.5. The molecule has 0 atom stereocenters. The Morgan fingerprint density at radius 2 is 1.53 bits per heavy atom. The highest BCUT2D eigenvalue weighted by molar-refractivity contribution is 5.98. The molecule has 0 bridgehead atoms. The fraction of sp³-hybridized carbons (Fsp3) is 0.486. The van der Waals surface area contributed by atoms with Gasteiger partial charge in [0.2, 0.25) is 5.91 Å². The average molecular weight is 673 g/mol. The van der Waals surface area contributed by atoms with Crippen LogP contribution in [0.3, 0.4) is 0 Å². The van der Waals surface area contributed by atoms with Crippen molar-refractivity contribution in [2.24, 2.45) is 5.73 Å². The highest BCUT2D eigenvalue weighted by Crippen LogP contribution is 2.34. The number of rotatable bonds is 12. The topological polar surface area (TPSA) is 162 Å². The van der Waals surface area contributed by atoms with Crippen LogP contribution in [0.1, 0.15) is 12.5 Å². The summed E-state index contributed by atoms with van der Waals surface area (Å²) in [4.78, 5) is 28.0. The van der Waals surface area contributed by atoms with Gasteiger partial charge in [-0.25, -0.2) is 14.6 Å². The maximum Gasteiger partial charge on any atom is 0.236 e. The number of likely N-dealkylation sites (tertiary alicyclic amines) is 1. The second-order valence-corrected chi connectivity index (χ2v) is 12.4. The summed E-state index contributed by atoms with van der Waals surface area (Å²) in [5.41, 5.74) is 13.9. The number of benzene rings is 2. The van der Waals surface area contributed by atoms with Crippen molar-refractivity contribution in [2.75, 3.05) is 104 Å². The molecule has 14 nitrogen and oxygen atoms in total. The minimum atomic E-state index is 0.0218. The smallest absolute Gasteiger partial charge is 0.236 e. The molecule has 3 fully saturated rings. The summed E-state index contributed by atoms with van der Waals surface area (Å²) in [6.45, 7) is 12.5. The fourth-order valence-corrected chi connectivity index (χ4v) is 6.08. The zero-order chi connectivity index (χ0) is 33.8. The van der Waals surface area contributed by atoms with E-state index < -0.39 is 0 Å². The number of nitrogens with one attached hydrogen (secondary N) is 1. The number of morpholine rings is 2. The Bertz CT molecular complexity index is 1600. The molecule has 14 heteroatoms. The lowest BCUT2D eigenvalue weighted by molar-refractivity contribution is -0.136. The standard InChI is InChI=1S/C28H32N8O3.C7H16N2O/c29-27-25-26(20-6-8-23(9-7-20)39-22-4-2-1-3-5-22)33-36(28(25)32-19-31-27)21-17-35(18-21)24(37)16-30-10-11-34-12-14-38-15-13-34;8-2-1-3-9-4-6-10-7-5-9/h1-9,19,21,30H,10-18H2,(H2,29,31,32);1-8H2. The van der Waals surface area contributed by atoms with Crippen molar-refractivity contribution in [1.82, 2.24) is 39.8 Å². The van der Waals surface area contributed by atoms with Gasteiger partial charge in [0.15, 0.2) is 5.65 Å². The van der Waals surface area contributed by atoms with E-state index in [1.807, 2.05) is 64.2 Å². The Hall–Kier alpha value is -4.18. The first kappa shape index (κ1) is 34.7. The maximum atomic E-state index is 12.7. The molecule has 49 heavy (non-hydrogen) atoms. The summed E-state index contributed by atoms with van der Waals surface area (Å²) in [6, 6.07) is 17.4. The van der Waals surface area contributed by atoms with Crippen molar-refractivity contribution in [2.45, 2.75) is 12.5 Å². The van der Waals surface area contributed by atoms with Gasteiger partial charge in [-0.3, -0.25) is 14.6 Å². The molecule has 3 saturated heterocycles. The molecule has 0 saturated carbocycles. The third kappa shape index (κ3) is 9.29. The lowest BCUT2D eigenvalue weighted by Crippen LogP contribution is -2.53. The second-order valence-electron chi connectivity index (χ2n) is 12.4. The first-order chi connectivity index (χ1) is 24.1. The van der Waals surface area contributed by atoms with E-state index in [0.29, 0.717) is 42.2 Å². The SMILES string of the molecule is NCCCN1CCOCC1.Nc1ncnc2c1c(-c1ccc(Oc3ccccc3)cc1)nn2C1CN(C(=O)CNCCN2CCOCC2)C1. The van der Waals surface area contributed by atoms with Crippen LogP contribution in [0.4, 0.5) is 5.82 Å². The van der Waals surface area contributed by atoms with Crippen molar-refractivity contribution >= 4 is 22.8 Å². The number of ether oxygens (including phenoxy) is 3. The molecular formula is C35H48N10O4. The number of nitrogens with two attached hydrogens (primary N) is 2. The van der Waals surface area contributed by atoms with Crippen LogP contribution in [-0.4, -0.2) is 139 Å². The molecule has 0 spiro atoms. The molecular weight excluding hydrogens is 624 g/mol. The van der Waals surface area contributed by atoms with E-state index in [0.717, 1.165) is 102 Å². The van der Waals surface area contributed by atoms with Gasteiger partial charge in [0.25, 0.3) is 0 Å². The minimum Gasteiger partial charge on any atom is -0.457 e. The number of carbonyl (C=O) groups is 1. The van der Waals surface area contributed by atoms with E-state index in [2.05, 4.69) is 25.1 Å². The van der Waals surface area contributed by atoms with Gasteiger partial charge >= 0.3 is 0 Å². The molecule has 3 aliphatic rings. The predicted molar refractivity (Wildman–Crippen MR) is 188 cm³/mol. The number of para-hydroxylation sites is 1. The van der Waals surface area contributed by atoms with E-state index >= 15 is 0 Å². The molecule has 5 N–H and O–H groups in total. The molecule has 0 unspecified atom stereocenters. The first-order valence-electron chi connectivity index (χ1n) is 17.2. The van der Waals surface area contributed by atoms with Gasteiger partial charge in [0.05, 0.1) is 44.4 Å². The van der Waals surface area contributed by atoms with Gasteiger partial charge in [0, 0.05) is 57.9 Å². The van der Waals surface area contributed by atoms with Crippen LogP contribution in [0.15, 0.2) is 60.9 Å². The predicted octanol–water partition coefficient (Wildman–Crippen LogP) is 1.84. The van der Waals surface area contributed by atoms with Gasteiger partial charge in [-0.05, 0) is 55.9 Å². The number of fused-ring (bicyclic) bond motifs is 1. The number of hydrogen-bond donors (Lipinski definition) is 3.